The number of rotatable bonds is 4. The Bertz CT molecular complexity index is 547. The van der Waals surface area contributed by atoms with Gasteiger partial charge in [0.1, 0.15) is 11.5 Å². The maximum absolute atomic E-state index is 5.71. The molecule has 3 nitrogen and oxygen atoms in total. The first-order chi connectivity index (χ1) is 8.52. The summed E-state index contributed by atoms with van der Waals surface area (Å²) < 4.78 is 6.81. The van der Waals surface area contributed by atoms with E-state index >= 15 is 0 Å². The zero-order chi connectivity index (χ0) is 13.3. The SMILES string of the molecule is Cc1oc(C)c(C(Cc2ccc(Br)s2)NN)c1C. The molecule has 0 amide bonds. The second kappa shape index (κ2) is 5.57. The van der Waals surface area contributed by atoms with E-state index in [4.69, 9.17) is 10.3 Å². The molecule has 0 bridgehead atoms. The molecule has 0 aliphatic heterocycles. The summed E-state index contributed by atoms with van der Waals surface area (Å²) in [6, 6.07) is 4.28. The number of hydrogen-bond acceptors (Lipinski definition) is 4. The van der Waals surface area contributed by atoms with Crippen molar-refractivity contribution in [2.24, 2.45) is 5.84 Å². The van der Waals surface area contributed by atoms with Gasteiger partial charge in [-0.1, -0.05) is 0 Å². The summed E-state index contributed by atoms with van der Waals surface area (Å²) in [6.45, 7) is 6.06. The third-order valence-electron chi connectivity index (χ3n) is 3.20. The van der Waals surface area contributed by atoms with Gasteiger partial charge in [0.2, 0.25) is 0 Å². The zero-order valence-corrected chi connectivity index (χ0v) is 13.1. The van der Waals surface area contributed by atoms with Crippen LogP contribution in [0.5, 0.6) is 0 Å². The highest BCUT2D eigenvalue weighted by Gasteiger charge is 2.20. The normalized spacial score (nSPS) is 12.9. The standard InChI is InChI=1S/C13H17BrN2OS/c1-7-8(2)17-9(3)13(7)11(16-15)6-10-4-5-12(14)18-10/h4-5,11,16H,6,15H2,1-3H3. The number of nitrogens with two attached hydrogens (primary N) is 1. The summed E-state index contributed by atoms with van der Waals surface area (Å²) in [5.41, 5.74) is 5.27. The zero-order valence-electron chi connectivity index (χ0n) is 10.7. The number of nitrogens with one attached hydrogen (secondary N) is 1. The fourth-order valence-corrected chi connectivity index (χ4v) is 3.76. The fourth-order valence-electron chi connectivity index (χ4n) is 2.23. The van der Waals surface area contributed by atoms with E-state index in [9.17, 15) is 0 Å². The van der Waals surface area contributed by atoms with E-state index in [1.807, 2.05) is 13.8 Å². The van der Waals surface area contributed by atoms with Crippen molar-refractivity contribution in [2.45, 2.75) is 33.2 Å². The van der Waals surface area contributed by atoms with Crippen molar-refractivity contribution in [3.05, 3.63) is 43.4 Å². The molecule has 98 valence electrons. The maximum atomic E-state index is 5.71. The van der Waals surface area contributed by atoms with Gasteiger partial charge in [0, 0.05) is 16.9 Å². The third-order valence-corrected chi connectivity index (χ3v) is 4.85. The van der Waals surface area contributed by atoms with Crippen molar-refractivity contribution in [3.63, 3.8) is 0 Å². The van der Waals surface area contributed by atoms with E-state index in [0.29, 0.717) is 0 Å². The second-order valence-electron chi connectivity index (χ2n) is 4.38. The van der Waals surface area contributed by atoms with Gasteiger partial charge >= 0.3 is 0 Å². The topological polar surface area (TPSA) is 51.2 Å². The number of aryl methyl sites for hydroxylation is 2. The first-order valence-electron chi connectivity index (χ1n) is 5.79. The minimum absolute atomic E-state index is 0.0907. The molecule has 1 atom stereocenters. The van der Waals surface area contributed by atoms with Gasteiger partial charge in [-0.15, -0.1) is 11.3 Å². The molecule has 2 aromatic rings. The van der Waals surface area contributed by atoms with Crippen LogP contribution in [0.15, 0.2) is 20.3 Å². The van der Waals surface area contributed by atoms with Crippen LogP contribution >= 0.6 is 27.3 Å². The second-order valence-corrected chi connectivity index (χ2v) is 6.93. The van der Waals surface area contributed by atoms with Crippen molar-refractivity contribution in [2.75, 3.05) is 0 Å². The molecule has 0 saturated carbocycles. The molecule has 1 unspecified atom stereocenters. The highest BCUT2D eigenvalue weighted by Crippen LogP contribution is 2.31. The van der Waals surface area contributed by atoms with E-state index in [1.165, 1.54) is 16.0 Å². The van der Waals surface area contributed by atoms with Crippen LogP contribution in [0.3, 0.4) is 0 Å². The van der Waals surface area contributed by atoms with Crippen LogP contribution in [-0.2, 0) is 6.42 Å². The summed E-state index contributed by atoms with van der Waals surface area (Å²) in [4.78, 5) is 1.29. The molecule has 0 aliphatic carbocycles. The first-order valence-corrected chi connectivity index (χ1v) is 7.40. The van der Waals surface area contributed by atoms with E-state index in [-0.39, 0.29) is 6.04 Å². The van der Waals surface area contributed by atoms with Gasteiger partial charge in [-0.05, 0) is 54.4 Å². The van der Waals surface area contributed by atoms with Gasteiger partial charge in [-0.2, -0.15) is 0 Å². The third kappa shape index (κ3) is 2.69. The molecule has 0 aliphatic rings. The lowest BCUT2D eigenvalue weighted by Gasteiger charge is -2.15. The summed E-state index contributed by atoms with van der Waals surface area (Å²) >= 11 is 5.22. The number of hydrogen-bond donors (Lipinski definition) is 2. The maximum Gasteiger partial charge on any atom is 0.106 e. The van der Waals surface area contributed by atoms with Crippen molar-refractivity contribution in [1.82, 2.24) is 5.43 Å². The van der Waals surface area contributed by atoms with Crippen LogP contribution in [0, 0.1) is 20.8 Å². The van der Waals surface area contributed by atoms with E-state index in [0.717, 1.165) is 21.7 Å². The van der Waals surface area contributed by atoms with Gasteiger partial charge in [-0.3, -0.25) is 11.3 Å². The highest BCUT2D eigenvalue weighted by molar-refractivity contribution is 9.11. The average molecular weight is 329 g/mol. The van der Waals surface area contributed by atoms with E-state index < -0.39 is 0 Å². The van der Waals surface area contributed by atoms with Crippen molar-refractivity contribution >= 4 is 27.3 Å². The lowest BCUT2D eigenvalue weighted by Crippen LogP contribution is -2.30. The van der Waals surface area contributed by atoms with Crippen LogP contribution in [0.2, 0.25) is 0 Å². The average Bonchev–Trinajstić information content (AvgIpc) is 2.82. The Morgan fingerprint density at radius 2 is 2.06 bits per heavy atom. The lowest BCUT2D eigenvalue weighted by molar-refractivity contribution is 0.485. The molecule has 2 rings (SSSR count). The van der Waals surface area contributed by atoms with Gasteiger partial charge in [0.15, 0.2) is 0 Å². The molecule has 0 radical (unpaired) electrons. The highest BCUT2D eigenvalue weighted by atomic mass is 79.9. The minimum atomic E-state index is 0.0907. The quantitative estimate of drug-likeness (QED) is 0.663. The Labute approximate surface area is 119 Å². The summed E-state index contributed by atoms with van der Waals surface area (Å²) in [7, 11) is 0. The van der Waals surface area contributed by atoms with E-state index in [1.54, 1.807) is 11.3 Å². The van der Waals surface area contributed by atoms with Gasteiger partial charge in [0.05, 0.1) is 9.83 Å². The van der Waals surface area contributed by atoms with Crippen molar-refractivity contribution in [1.29, 1.82) is 0 Å². The van der Waals surface area contributed by atoms with Gasteiger partial charge in [0.25, 0.3) is 0 Å². The first kappa shape index (κ1) is 13.8. The smallest absolute Gasteiger partial charge is 0.106 e. The molecule has 0 saturated heterocycles. The molecular formula is C13H17BrN2OS. The molecule has 2 aromatic heterocycles. The Morgan fingerprint density at radius 3 is 2.50 bits per heavy atom. The summed E-state index contributed by atoms with van der Waals surface area (Å²) in [5, 5.41) is 0. The number of hydrazine groups is 1. The number of thiophene rings is 1. The molecule has 2 heterocycles. The van der Waals surface area contributed by atoms with Crippen LogP contribution in [0.4, 0.5) is 0 Å². The number of halogens is 1. The molecule has 5 heteroatoms. The number of furan rings is 1. The summed E-state index contributed by atoms with van der Waals surface area (Å²) in [5.74, 6) is 7.62. The molecule has 0 spiro atoms. The predicted molar refractivity (Wildman–Crippen MR) is 78.7 cm³/mol. The molecule has 0 aromatic carbocycles. The van der Waals surface area contributed by atoms with Crippen LogP contribution in [0.25, 0.3) is 0 Å². The fraction of sp³-hybridized carbons (Fsp3) is 0.385. The lowest BCUT2D eigenvalue weighted by atomic mass is 9.99. The Morgan fingerprint density at radius 1 is 1.33 bits per heavy atom. The summed E-state index contributed by atoms with van der Waals surface area (Å²) in [6.07, 6.45) is 0.868. The van der Waals surface area contributed by atoms with Crippen molar-refractivity contribution < 1.29 is 4.42 Å². The molecule has 0 fully saturated rings. The van der Waals surface area contributed by atoms with Crippen LogP contribution in [-0.4, -0.2) is 0 Å². The molecule has 18 heavy (non-hydrogen) atoms. The Balaban J connectivity index is 2.28. The van der Waals surface area contributed by atoms with Crippen LogP contribution < -0.4 is 11.3 Å². The largest absolute Gasteiger partial charge is 0.466 e. The Kier molecular flexibility index (Phi) is 4.27. The van der Waals surface area contributed by atoms with Gasteiger partial charge < -0.3 is 4.42 Å². The minimum Gasteiger partial charge on any atom is -0.466 e. The molecular weight excluding hydrogens is 312 g/mol. The Hall–Kier alpha value is -0.620. The predicted octanol–water partition coefficient (Wildman–Crippen LogP) is 3.78. The van der Waals surface area contributed by atoms with Crippen LogP contribution in [0.1, 0.15) is 33.6 Å². The van der Waals surface area contributed by atoms with Gasteiger partial charge in [-0.25, -0.2) is 0 Å². The van der Waals surface area contributed by atoms with Crippen molar-refractivity contribution in [3.8, 4) is 0 Å². The monoisotopic (exact) mass is 328 g/mol. The van der Waals surface area contributed by atoms with E-state index in [2.05, 4.69) is 40.4 Å². The molecule has 3 N–H and O–H groups in total.